The van der Waals surface area contributed by atoms with Crippen molar-refractivity contribution in [2.24, 2.45) is 0 Å². The molecule has 128 valence electrons. The number of ether oxygens (including phenoxy) is 1. The first kappa shape index (κ1) is 16.8. The van der Waals surface area contributed by atoms with Crippen LogP contribution in [0.5, 0.6) is 0 Å². The number of nitrogens with one attached hydrogen (secondary N) is 2. The Balaban J connectivity index is 1.52. The molecule has 6 nitrogen and oxygen atoms in total. The number of fused-ring (bicyclic) bond motifs is 1. The number of carbonyl (C=O) groups excluding carboxylic acids is 3. The van der Waals surface area contributed by atoms with Gasteiger partial charge in [-0.05, 0) is 31.0 Å². The van der Waals surface area contributed by atoms with E-state index in [0.29, 0.717) is 17.0 Å². The van der Waals surface area contributed by atoms with Crippen molar-refractivity contribution < 1.29 is 19.1 Å². The third-order valence-electron chi connectivity index (χ3n) is 4.15. The molecule has 1 heterocycles. The molecular weight excluding hydrogens is 328 g/mol. The van der Waals surface area contributed by atoms with Gasteiger partial charge in [0, 0.05) is 10.9 Å². The van der Waals surface area contributed by atoms with Crippen molar-refractivity contribution in [3.05, 3.63) is 23.8 Å². The molecule has 2 amide bonds. The summed E-state index contributed by atoms with van der Waals surface area (Å²) < 4.78 is 5.08. The molecule has 24 heavy (non-hydrogen) atoms. The van der Waals surface area contributed by atoms with E-state index in [1.807, 2.05) is 0 Å². The molecule has 0 radical (unpaired) electrons. The van der Waals surface area contributed by atoms with Gasteiger partial charge in [-0.15, -0.1) is 11.8 Å². The highest BCUT2D eigenvalue weighted by Crippen LogP contribution is 2.32. The van der Waals surface area contributed by atoms with Crippen LogP contribution in [0.4, 0.5) is 5.69 Å². The number of hydrogen-bond donors (Lipinski definition) is 2. The summed E-state index contributed by atoms with van der Waals surface area (Å²) in [5.41, 5.74) is 0.930. The van der Waals surface area contributed by atoms with Crippen molar-refractivity contribution in [2.75, 3.05) is 17.7 Å². The Morgan fingerprint density at radius 2 is 2.04 bits per heavy atom. The van der Waals surface area contributed by atoms with Gasteiger partial charge in [0.05, 0.1) is 17.0 Å². The lowest BCUT2D eigenvalue weighted by molar-refractivity contribution is -0.125. The number of thioether (sulfide) groups is 1. The Kier molecular flexibility index (Phi) is 5.40. The summed E-state index contributed by atoms with van der Waals surface area (Å²) in [7, 11) is 0. The molecule has 2 aliphatic rings. The lowest BCUT2D eigenvalue weighted by Crippen LogP contribution is -2.38. The molecule has 1 fully saturated rings. The largest absolute Gasteiger partial charge is 0.452 e. The van der Waals surface area contributed by atoms with E-state index >= 15 is 0 Å². The number of benzene rings is 1. The minimum atomic E-state index is -0.568. The first-order valence-corrected chi connectivity index (χ1v) is 9.13. The van der Waals surface area contributed by atoms with Crippen LogP contribution in [0.15, 0.2) is 23.1 Å². The topological polar surface area (TPSA) is 84.5 Å². The summed E-state index contributed by atoms with van der Waals surface area (Å²) in [6.45, 7) is -0.284. The van der Waals surface area contributed by atoms with Gasteiger partial charge >= 0.3 is 5.97 Å². The Morgan fingerprint density at radius 1 is 1.25 bits per heavy atom. The van der Waals surface area contributed by atoms with Gasteiger partial charge < -0.3 is 15.4 Å². The van der Waals surface area contributed by atoms with Gasteiger partial charge in [-0.1, -0.05) is 19.3 Å². The van der Waals surface area contributed by atoms with Crippen LogP contribution in [0.25, 0.3) is 0 Å². The van der Waals surface area contributed by atoms with Gasteiger partial charge in [0.1, 0.15) is 0 Å². The highest BCUT2D eigenvalue weighted by Gasteiger charge is 2.19. The lowest BCUT2D eigenvalue weighted by Gasteiger charge is -2.22. The van der Waals surface area contributed by atoms with Gasteiger partial charge in [0.2, 0.25) is 5.91 Å². The van der Waals surface area contributed by atoms with Gasteiger partial charge in [0.25, 0.3) is 5.91 Å². The molecule has 2 N–H and O–H groups in total. The second kappa shape index (κ2) is 7.70. The first-order valence-electron chi connectivity index (χ1n) is 8.15. The maximum Gasteiger partial charge on any atom is 0.338 e. The maximum absolute atomic E-state index is 12.1. The van der Waals surface area contributed by atoms with E-state index < -0.39 is 5.97 Å². The molecule has 3 rings (SSSR count). The van der Waals surface area contributed by atoms with E-state index in [1.54, 1.807) is 18.2 Å². The molecule has 0 aromatic heterocycles. The second-order valence-electron chi connectivity index (χ2n) is 6.03. The quantitative estimate of drug-likeness (QED) is 0.816. The van der Waals surface area contributed by atoms with Crippen LogP contribution < -0.4 is 10.6 Å². The average molecular weight is 348 g/mol. The molecule has 0 spiro atoms. The summed E-state index contributed by atoms with van der Waals surface area (Å²) >= 11 is 1.43. The van der Waals surface area contributed by atoms with Crippen molar-refractivity contribution in [3.63, 3.8) is 0 Å². The molecule has 0 saturated heterocycles. The molecule has 1 aliphatic carbocycles. The normalized spacial score (nSPS) is 17.6. The minimum Gasteiger partial charge on any atom is -0.452 e. The van der Waals surface area contributed by atoms with Crippen LogP contribution in [-0.2, 0) is 14.3 Å². The highest BCUT2D eigenvalue weighted by molar-refractivity contribution is 8.00. The summed E-state index contributed by atoms with van der Waals surface area (Å²) in [6.07, 6.45) is 5.45. The van der Waals surface area contributed by atoms with Crippen LogP contribution >= 0.6 is 11.8 Å². The zero-order valence-electron chi connectivity index (χ0n) is 13.3. The van der Waals surface area contributed by atoms with Crippen molar-refractivity contribution in [2.45, 2.75) is 43.0 Å². The Morgan fingerprint density at radius 3 is 2.83 bits per heavy atom. The van der Waals surface area contributed by atoms with E-state index in [0.717, 1.165) is 30.6 Å². The Hall–Kier alpha value is -2.02. The molecule has 0 atom stereocenters. The van der Waals surface area contributed by atoms with Gasteiger partial charge in [-0.2, -0.15) is 0 Å². The maximum atomic E-state index is 12.1. The van der Waals surface area contributed by atoms with E-state index in [-0.39, 0.29) is 24.5 Å². The zero-order valence-corrected chi connectivity index (χ0v) is 14.1. The van der Waals surface area contributed by atoms with E-state index in [2.05, 4.69) is 10.6 Å². The SMILES string of the molecule is O=C1CSc2ccc(C(=O)OCC(=O)NC3CCCCC3)cc2N1. The fourth-order valence-electron chi connectivity index (χ4n) is 2.94. The second-order valence-corrected chi connectivity index (χ2v) is 7.04. The molecule has 0 unspecified atom stereocenters. The van der Waals surface area contributed by atoms with Crippen LogP contribution in [0.1, 0.15) is 42.5 Å². The third-order valence-corrected chi connectivity index (χ3v) is 5.23. The Labute approximate surface area is 144 Å². The number of esters is 1. The summed E-state index contributed by atoms with van der Waals surface area (Å²) in [4.78, 5) is 36.3. The van der Waals surface area contributed by atoms with Gasteiger partial charge in [-0.3, -0.25) is 9.59 Å². The van der Waals surface area contributed by atoms with Crippen LogP contribution in [0.3, 0.4) is 0 Å². The molecule has 1 aromatic rings. The number of rotatable bonds is 4. The van der Waals surface area contributed by atoms with Gasteiger partial charge in [0.15, 0.2) is 6.61 Å². The first-order chi connectivity index (χ1) is 11.6. The van der Waals surface area contributed by atoms with Crippen molar-refractivity contribution >= 4 is 35.2 Å². The van der Waals surface area contributed by atoms with E-state index in [1.165, 1.54) is 18.2 Å². The molecule has 1 aromatic carbocycles. The molecular formula is C17H20N2O4S. The van der Waals surface area contributed by atoms with Crippen LogP contribution in [0, 0.1) is 0 Å². The number of amides is 2. The standard InChI is InChI=1S/C17H20N2O4S/c20-15(18-12-4-2-1-3-5-12)9-23-17(22)11-6-7-14-13(8-11)19-16(21)10-24-14/h6-8,12H,1-5,9-10H2,(H,18,20)(H,19,21). The smallest absolute Gasteiger partial charge is 0.338 e. The van der Waals surface area contributed by atoms with Crippen molar-refractivity contribution in [1.29, 1.82) is 0 Å². The fourth-order valence-corrected chi connectivity index (χ4v) is 3.73. The molecule has 1 aliphatic heterocycles. The molecule has 0 bridgehead atoms. The number of hydrogen-bond acceptors (Lipinski definition) is 5. The van der Waals surface area contributed by atoms with Crippen LogP contribution in [-0.4, -0.2) is 36.2 Å². The predicted molar refractivity (Wildman–Crippen MR) is 91.1 cm³/mol. The van der Waals surface area contributed by atoms with Crippen molar-refractivity contribution in [1.82, 2.24) is 5.32 Å². The van der Waals surface area contributed by atoms with E-state index in [4.69, 9.17) is 4.74 Å². The fraction of sp³-hybridized carbons (Fsp3) is 0.471. The Bertz CT molecular complexity index is 656. The van der Waals surface area contributed by atoms with Crippen molar-refractivity contribution in [3.8, 4) is 0 Å². The van der Waals surface area contributed by atoms with E-state index in [9.17, 15) is 14.4 Å². The monoisotopic (exact) mass is 348 g/mol. The third kappa shape index (κ3) is 4.29. The average Bonchev–Trinajstić information content (AvgIpc) is 2.60. The lowest BCUT2D eigenvalue weighted by atomic mass is 9.95. The summed E-state index contributed by atoms with van der Waals surface area (Å²) in [6, 6.07) is 5.20. The summed E-state index contributed by atoms with van der Waals surface area (Å²) in [5, 5.41) is 5.63. The van der Waals surface area contributed by atoms with Gasteiger partial charge in [-0.25, -0.2) is 4.79 Å². The molecule has 7 heteroatoms. The minimum absolute atomic E-state index is 0.0927. The molecule has 1 saturated carbocycles. The van der Waals surface area contributed by atoms with Crippen LogP contribution in [0.2, 0.25) is 0 Å². The predicted octanol–water partition coefficient (Wildman–Crippen LogP) is 2.34. The number of carbonyl (C=O) groups is 3. The summed E-state index contributed by atoms with van der Waals surface area (Å²) in [5.74, 6) is -0.554. The zero-order chi connectivity index (χ0) is 16.9. The highest BCUT2D eigenvalue weighted by atomic mass is 32.2. The number of anilines is 1.